The second kappa shape index (κ2) is 8.16. The van der Waals surface area contributed by atoms with Crippen LogP contribution in [0, 0.1) is 11.8 Å². The molecule has 130 valence electrons. The van der Waals surface area contributed by atoms with Gasteiger partial charge in [-0.15, -0.1) is 0 Å². The second-order valence-corrected chi connectivity index (χ2v) is 7.82. The third-order valence-corrected chi connectivity index (χ3v) is 6.08. The fourth-order valence-electron chi connectivity index (χ4n) is 4.60. The van der Waals surface area contributed by atoms with Crippen LogP contribution in [0.5, 0.6) is 0 Å². The van der Waals surface area contributed by atoms with Crippen molar-refractivity contribution in [3.63, 3.8) is 0 Å². The Hall–Kier alpha value is -1.06. The van der Waals surface area contributed by atoms with E-state index < -0.39 is 0 Å². The van der Waals surface area contributed by atoms with Gasteiger partial charge in [-0.25, -0.2) is 0 Å². The van der Waals surface area contributed by atoms with Crippen molar-refractivity contribution >= 4 is 11.8 Å². The summed E-state index contributed by atoms with van der Waals surface area (Å²) in [7, 11) is 0. The van der Waals surface area contributed by atoms with Crippen molar-refractivity contribution < 1.29 is 9.59 Å². The number of amides is 2. The molecule has 0 spiro atoms. The molecule has 3 fully saturated rings. The zero-order chi connectivity index (χ0) is 16.1. The van der Waals surface area contributed by atoms with E-state index in [4.69, 9.17) is 0 Å². The monoisotopic (exact) mass is 320 g/mol. The molecule has 2 aliphatic carbocycles. The highest BCUT2D eigenvalue weighted by Crippen LogP contribution is 2.29. The molecule has 1 aliphatic heterocycles. The molecular weight excluding hydrogens is 288 g/mol. The first kappa shape index (κ1) is 16.8. The van der Waals surface area contributed by atoms with Crippen LogP contribution in [0.1, 0.15) is 70.6 Å². The molecule has 3 aliphatic rings. The summed E-state index contributed by atoms with van der Waals surface area (Å²) in [5, 5.41) is 0. The average molecular weight is 320 g/mol. The fourth-order valence-corrected chi connectivity index (χ4v) is 4.60. The Morgan fingerprint density at radius 2 is 1.00 bits per heavy atom. The Morgan fingerprint density at radius 1 is 0.609 bits per heavy atom. The Bertz CT molecular complexity index is 374. The van der Waals surface area contributed by atoms with Crippen molar-refractivity contribution in [2.45, 2.75) is 70.6 Å². The predicted molar refractivity (Wildman–Crippen MR) is 90.9 cm³/mol. The maximum atomic E-state index is 12.5. The number of carbonyl (C=O) groups excluding carboxylic acids is 2. The first-order valence-corrected chi connectivity index (χ1v) is 9.78. The Morgan fingerprint density at radius 3 is 1.39 bits per heavy atom. The lowest BCUT2D eigenvalue weighted by molar-refractivity contribution is -0.134. The van der Waals surface area contributed by atoms with Gasteiger partial charge in [-0.05, 0) is 43.9 Å². The summed E-state index contributed by atoms with van der Waals surface area (Å²) in [6.45, 7) is 3.14. The SMILES string of the molecule is O=C(CC1CCCC1)N1CCCN(C(=O)CC2CCCC2)CC1. The molecule has 2 amide bonds. The van der Waals surface area contributed by atoms with E-state index in [-0.39, 0.29) is 0 Å². The van der Waals surface area contributed by atoms with Gasteiger partial charge in [-0.2, -0.15) is 0 Å². The maximum absolute atomic E-state index is 12.5. The van der Waals surface area contributed by atoms with Gasteiger partial charge in [0.15, 0.2) is 0 Å². The number of nitrogens with zero attached hydrogens (tertiary/aromatic N) is 2. The summed E-state index contributed by atoms with van der Waals surface area (Å²) in [5.41, 5.74) is 0. The Balaban J connectivity index is 1.44. The van der Waals surface area contributed by atoms with Crippen molar-refractivity contribution in [3.05, 3.63) is 0 Å². The van der Waals surface area contributed by atoms with Gasteiger partial charge >= 0.3 is 0 Å². The molecule has 23 heavy (non-hydrogen) atoms. The molecule has 3 rings (SSSR count). The molecule has 4 heteroatoms. The summed E-state index contributed by atoms with van der Waals surface area (Å²) >= 11 is 0. The van der Waals surface area contributed by atoms with E-state index in [0.717, 1.165) is 45.4 Å². The van der Waals surface area contributed by atoms with Crippen LogP contribution in [0.4, 0.5) is 0 Å². The van der Waals surface area contributed by atoms with Crippen LogP contribution >= 0.6 is 0 Å². The fraction of sp³-hybridized carbons (Fsp3) is 0.895. The number of carbonyl (C=O) groups is 2. The van der Waals surface area contributed by atoms with Crippen molar-refractivity contribution in [1.82, 2.24) is 9.80 Å². The average Bonchev–Trinajstić information content (AvgIpc) is 3.17. The van der Waals surface area contributed by atoms with Crippen LogP contribution in [-0.2, 0) is 9.59 Å². The van der Waals surface area contributed by atoms with Crippen LogP contribution in [0.25, 0.3) is 0 Å². The third-order valence-electron chi connectivity index (χ3n) is 6.08. The molecular formula is C19H32N2O2. The molecule has 0 aromatic heterocycles. The molecule has 0 aromatic rings. The van der Waals surface area contributed by atoms with E-state index in [9.17, 15) is 9.59 Å². The zero-order valence-corrected chi connectivity index (χ0v) is 14.5. The van der Waals surface area contributed by atoms with Crippen LogP contribution in [0.3, 0.4) is 0 Å². The van der Waals surface area contributed by atoms with Crippen LogP contribution < -0.4 is 0 Å². The van der Waals surface area contributed by atoms with Gasteiger partial charge in [0.25, 0.3) is 0 Å². The second-order valence-electron chi connectivity index (χ2n) is 7.82. The van der Waals surface area contributed by atoms with Crippen molar-refractivity contribution in [2.24, 2.45) is 11.8 Å². The molecule has 1 saturated heterocycles. The quantitative estimate of drug-likeness (QED) is 0.798. The zero-order valence-electron chi connectivity index (χ0n) is 14.5. The molecule has 0 aromatic carbocycles. The largest absolute Gasteiger partial charge is 0.341 e. The summed E-state index contributed by atoms with van der Waals surface area (Å²) in [4.78, 5) is 29.0. The van der Waals surface area contributed by atoms with Crippen molar-refractivity contribution in [2.75, 3.05) is 26.2 Å². The van der Waals surface area contributed by atoms with Crippen LogP contribution in [0.2, 0.25) is 0 Å². The van der Waals surface area contributed by atoms with E-state index in [2.05, 4.69) is 0 Å². The number of rotatable bonds is 4. The first-order chi connectivity index (χ1) is 11.2. The van der Waals surface area contributed by atoms with Gasteiger partial charge in [0, 0.05) is 39.0 Å². The van der Waals surface area contributed by atoms with E-state index in [0.29, 0.717) is 23.7 Å². The lowest BCUT2D eigenvalue weighted by Crippen LogP contribution is -2.38. The number of hydrogen-bond acceptors (Lipinski definition) is 2. The molecule has 1 heterocycles. The van der Waals surface area contributed by atoms with Gasteiger partial charge in [-0.1, -0.05) is 25.7 Å². The lowest BCUT2D eigenvalue weighted by Gasteiger charge is -2.24. The lowest BCUT2D eigenvalue weighted by atomic mass is 10.0. The molecule has 0 radical (unpaired) electrons. The topological polar surface area (TPSA) is 40.6 Å². The van der Waals surface area contributed by atoms with Gasteiger partial charge in [0.1, 0.15) is 0 Å². The smallest absolute Gasteiger partial charge is 0.222 e. The van der Waals surface area contributed by atoms with Crippen molar-refractivity contribution in [3.8, 4) is 0 Å². The van der Waals surface area contributed by atoms with E-state index in [1.165, 1.54) is 51.4 Å². The predicted octanol–water partition coefficient (Wildman–Crippen LogP) is 3.21. The normalized spacial score (nSPS) is 24.2. The summed E-state index contributed by atoms with van der Waals surface area (Å²) in [6.07, 6.45) is 12.5. The Labute approximate surface area is 140 Å². The minimum atomic E-state index is 0.321. The summed E-state index contributed by atoms with van der Waals surface area (Å²) in [6, 6.07) is 0. The van der Waals surface area contributed by atoms with E-state index >= 15 is 0 Å². The van der Waals surface area contributed by atoms with Gasteiger partial charge in [-0.3, -0.25) is 9.59 Å². The first-order valence-electron chi connectivity index (χ1n) is 9.78. The standard InChI is InChI=1S/C19H32N2O2/c22-18(14-16-6-1-2-7-16)20-10-5-11-21(13-12-20)19(23)15-17-8-3-4-9-17/h16-17H,1-15H2. The molecule has 0 N–H and O–H groups in total. The molecule has 0 bridgehead atoms. The van der Waals surface area contributed by atoms with E-state index in [1.54, 1.807) is 0 Å². The van der Waals surface area contributed by atoms with Crippen LogP contribution in [-0.4, -0.2) is 47.8 Å². The summed E-state index contributed by atoms with van der Waals surface area (Å²) in [5.74, 6) is 1.88. The number of hydrogen-bond donors (Lipinski definition) is 0. The van der Waals surface area contributed by atoms with Gasteiger partial charge in [0.05, 0.1) is 0 Å². The van der Waals surface area contributed by atoms with Gasteiger partial charge in [0.2, 0.25) is 11.8 Å². The molecule has 4 nitrogen and oxygen atoms in total. The highest BCUT2D eigenvalue weighted by atomic mass is 16.2. The van der Waals surface area contributed by atoms with Crippen molar-refractivity contribution in [1.29, 1.82) is 0 Å². The highest BCUT2D eigenvalue weighted by Gasteiger charge is 2.26. The third kappa shape index (κ3) is 4.71. The highest BCUT2D eigenvalue weighted by molar-refractivity contribution is 5.78. The van der Waals surface area contributed by atoms with E-state index in [1.807, 2.05) is 9.80 Å². The minimum absolute atomic E-state index is 0.321. The Kier molecular flexibility index (Phi) is 5.96. The maximum Gasteiger partial charge on any atom is 0.222 e. The minimum Gasteiger partial charge on any atom is -0.341 e. The van der Waals surface area contributed by atoms with Gasteiger partial charge < -0.3 is 9.80 Å². The molecule has 0 unspecified atom stereocenters. The summed E-state index contributed by atoms with van der Waals surface area (Å²) < 4.78 is 0. The van der Waals surface area contributed by atoms with Crippen LogP contribution in [0.15, 0.2) is 0 Å². The molecule has 2 saturated carbocycles. The molecule has 0 atom stereocenters.